The van der Waals surface area contributed by atoms with Crippen molar-refractivity contribution < 1.29 is 0 Å². The van der Waals surface area contributed by atoms with Gasteiger partial charge in [-0.1, -0.05) is 13.8 Å². The van der Waals surface area contributed by atoms with Gasteiger partial charge in [0.25, 0.3) is 0 Å². The van der Waals surface area contributed by atoms with Gasteiger partial charge in [0.2, 0.25) is 0 Å². The van der Waals surface area contributed by atoms with Crippen LogP contribution in [0, 0.1) is 0 Å². The molecular formula is C13H23BrN4. The van der Waals surface area contributed by atoms with Crippen LogP contribution < -0.4 is 10.2 Å². The zero-order valence-corrected chi connectivity index (χ0v) is 13.3. The van der Waals surface area contributed by atoms with Crippen molar-refractivity contribution in [2.24, 2.45) is 0 Å². The Morgan fingerprint density at radius 2 is 2.06 bits per heavy atom. The van der Waals surface area contributed by atoms with E-state index in [1.54, 1.807) is 6.33 Å². The second-order valence-electron chi connectivity index (χ2n) is 4.33. The van der Waals surface area contributed by atoms with Gasteiger partial charge in [-0.15, -0.1) is 0 Å². The quantitative estimate of drug-likeness (QED) is 0.833. The largest absolute Gasteiger partial charge is 0.369 e. The molecule has 0 bridgehead atoms. The molecule has 1 aromatic rings. The summed E-state index contributed by atoms with van der Waals surface area (Å²) < 4.78 is 0.959. The third-order valence-electron chi connectivity index (χ3n) is 3.05. The first-order chi connectivity index (χ1) is 8.65. The fourth-order valence-corrected chi connectivity index (χ4v) is 2.39. The van der Waals surface area contributed by atoms with Crippen LogP contribution in [0.3, 0.4) is 0 Å². The number of hydrogen-bond acceptors (Lipinski definition) is 4. The molecule has 0 saturated heterocycles. The number of halogens is 1. The third kappa shape index (κ3) is 3.57. The molecule has 0 aliphatic carbocycles. The Kier molecular flexibility index (Phi) is 6.39. The summed E-state index contributed by atoms with van der Waals surface area (Å²) in [5, 5.41) is 3.31. The molecule has 1 atom stereocenters. The van der Waals surface area contributed by atoms with Crippen LogP contribution in [0.1, 0.15) is 40.5 Å². The fourth-order valence-electron chi connectivity index (χ4n) is 1.82. The highest BCUT2D eigenvalue weighted by Gasteiger charge is 2.17. The molecule has 1 rings (SSSR count). The summed E-state index contributed by atoms with van der Waals surface area (Å²) in [5.41, 5.74) is 0. The van der Waals surface area contributed by atoms with Gasteiger partial charge in [-0.2, -0.15) is 0 Å². The van der Waals surface area contributed by atoms with Crippen molar-refractivity contribution in [1.29, 1.82) is 0 Å². The number of nitrogens with zero attached hydrogens (tertiary/aromatic N) is 3. The molecule has 4 nitrogen and oxygen atoms in total. The lowest BCUT2D eigenvalue weighted by molar-refractivity contribution is 0.621. The van der Waals surface area contributed by atoms with Crippen LogP contribution >= 0.6 is 15.9 Å². The van der Waals surface area contributed by atoms with Gasteiger partial charge in [0.15, 0.2) is 0 Å². The first-order valence-electron chi connectivity index (χ1n) is 6.66. The van der Waals surface area contributed by atoms with Crippen LogP contribution in [0.2, 0.25) is 0 Å². The second-order valence-corrected chi connectivity index (χ2v) is 5.12. The molecule has 0 aliphatic rings. The van der Waals surface area contributed by atoms with Gasteiger partial charge in [-0.05, 0) is 42.6 Å². The maximum Gasteiger partial charge on any atom is 0.148 e. The topological polar surface area (TPSA) is 41.1 Å². The zero-order chi connectivity index (χ0) is 13.5. The Bertz CT molecular complexity index is 370. The standard InChI is InChI=1S/C13H23BrN4/c1-5-8-15-12-11(14)13(17-9-16-12)18(7-3)10(4)6-2/h9-10H,5-8H2,1-4H3,(H,15,16,17). The summed E-state index contributed by atoms with van der Waals surface area (Å²) in [6, 6.07) is 0.472. The average Bonchev–Trinajstić information content (AvgIpc) is 2.39. The van der Waals surface area contributed by atoms with E-state index in [-0.39, 0.29) is 0 Å². The monoisotopic (exact) mass is 314 g/mol. The van der Waals surface area contributed by atoms with Crippen molar-refractivity contribution in [2.75, 3.05) is 23.3 Å². The Labute approximate surface area is 118 Å². The Morgan fingerprint density at radius 1 is 1.33 bits per heavy atom. The van der Waals surface area contributed by atoms with Crippen LogP contribution in [-0.2, 0) is 0 Å². The molecule has 1 aromatic heterocycles. The highest BCUT2D eigenvalue weighted by Crippen LogP contribution is 2.30. The minimum atomic E-state index is 0.472. The van der Waals surface area contributed by atoms with E-state index < -0.39 is 0 Å². The van der Waals surface area contributed by atoms with E-state index in [0.717, 1.165) is 42.0 Å². The van der Waals surface area contributed by atoms with Gasteiger partial charge in [0.1, 0.15) is 22.4 Å². The molecule has 18 heavy (non-hydrogen) atoms. The van der Waals surface area contributed by atoms with Crippen LogP contribution in [0.4, 0.5) is 11.6 Å². The number of aromatic nitrogens is 2. The minimum absolute atomic E-state index is 0.472. The van der Waals surface area contributed by atoms with Crippen molar-refractivity contribution in [3.8, 4) is 0 Å². The first-order valence-corrected chi connectivity index (χ1v) is 7.45. The van der Waals surface area contributed by atoms with Crippen molar-refractivity contribution in [2.45, 2.75) is 46.6 Å². The summed E-state index contributed by atoms with van der Waals surface area (Å²) >= 11 is 3.62. The number of hydrogen-bond donors (Lipinski definition) is 1. The fraction of sp³-hybridized carbons (Fsp3) is 0.692. The number of anilines is 2. The lowest BCUT2D eigenvalue weighted by Gasteiger charge is -2.29. The smallest absolute Gasteiger partial charge is 0.148 e. The molecule has 1 heterocycles. The third-order valence-corrected chi connectivity index (χ3v) is 3.78. The van der Waals surface area contributed by atoms with Crippen molar-refractivity contribution in [1.82, 2.24) is 9.97 Å². The molecule has 0 radical (unpaired) electrons. The number of nitrogens with one attached hydrogen (secondary N) is 1. The minimum Gasteiger partial charge on any atom is -0.369 e. The maximum absolute atomic E-state index is 4.42. The summed E-state index contributed by atoms with van der Waals surface area (Å²) in [6.45, 7) is 10.6. The van der Waals surface area contributed by atoms with Gasteiger partial charge < -0.3 is 10.2 Å². The Morgan fingerprint density at radius 3 is 2.61 bits per heavy atom. The first kappa shape index (κ1) is 15.2. The lowest BCUT2D eigenvalue weighted by Crippen LogP contribution is -2.33. The predicted molar refractivity (Wildman–Crippen MR) is 81.3 cm³/mol. The highest BCUT2D eigenvalue weighted by molar-refractivity contribution is 9.10. The maximum atomic E-state index is 4.42. The van der Waals surface area contributed by atoms with E-state index >= 15 is 0 Å². The Balaban J connectivity index is 3.00. The molecule has 5 heteroatoms. The summed E-state index contributed by atoms with van der Waals surface area (Å²) in [7, 11) is 0. The summed E-state index contributed by atoms with van der Waals surface area (Å²) in [5.74, 6) is 1.85. The van der Waals surface area contributed by atoms with Gasteiger partial charge >= 0.3 is 0 Å². The normalized spacial score (nSPS) is 12.3. The number of rotatable bonds is 7. The molecule has 102 valence electrons. The highest BCUT2D eigenvalue weighted by atomic mass is 79.9. The van der Waals surface area contributed by atoms with E-state index in [0.29, 0.717) is 6.04 Å². The molecule has 0 saturated carbocycles. The molecule has 0 aromatic carbocycles. The predicted octanol–water partition coefficient (Wildman–Crippen LogP) is 3.69. The lowest BCUT2D eigenvalue weighted by atomic mass is 10.2. The van der Waals surface area contributed by atoms with Crippen molar-refractivity contribution in [3.05, 3.63) is 10.8 Å². The van der Waals surface area contributed by atoms with Gasteiger partial charge in [-0.3, -0.25) is 0 Å². The molecule has 1 unspecified atom stereocenters. The second kappa shape index (κ2) is 7.56. The summed E-state index contributed by atoms with van der Waals surface area (Å²) in [6.07, 6.45) is 3.81. The zero-order valence-electron chi connectivity index (χ0n) is 11.7. The molecule has 0 spiro atoms. The van der Waals surface area contributed by atoms with Crippen LogP contribution in [0.25, 0.3) is 0 Å². The molecule has 0 fully saturated rings. The molecule has 0 amide bonds. The van der Waals surface area contributed by atoms with E-state index in [1.807, 2.05) is 0 Å². The van der Waals surface area contributed by atoms with Gasteiger partial charge in [0.05, 0.1) is 0 Å². The summed E-state index contributed by atoms with van der Waals surface area (Å²) in [4.78, 5) is 11.0. The average molecular weight is 315 g/mol. The van der Waals surface area contributed by atoms with E-state index in [1.165, 1.54) is 0 Å². The van der Waals surface area contributed by atoms with Crippen LogP contribution in [0.5, 0.6) is 0 Å². The van der Waals surface area contributed by atoms with E-state index in [4.69, 9.17) is 0 Å². The van der Waals surface area contributed by atoms with Crippen LogP contribution in [0.15, 0.2) is 10.8 Å². The van der Waals surface area contributed by atoms with E-state index in [2.05, 4.69) is 63.8 Å². The SMILES string of the molecule is CCCNc1ncnc(N(CC)C(C)CC)c1Br. The molecular weight excluding hydrogens is 292 g/mol. The van der Waals surface area contributed by atoms with Gasteiger partial charge in [-0.25, -0.2) is 9.97 Å². The molecule has 1 N–H and O–H groups in total. The van der Waals surface area contributed by atoms with Crippen LogP contribution in [-0.4, -0.2) is 29.1 Å². The van der Waals surface area contributed by atoms with Crippen molar-refractivity contribution >= 4 is 27.6 Å². The van der Waals surface area contributed by atoms with E-state index in [9.17, 15) is 0 Å². The molecule has 0 aliphatic heterocycles. The van der Waals surface area contributed by atoms with Gasteiger partial charge in [0, 0.05) is 19.1 Å². The Hall–Kier alpha value is -0.840. The van der Waals surface area contributed by atoms with Crippen molar-refractivity contribution in [3.63, 3.8) is 0 Å².